The quantitative estimate of drug-likeness (QED) is 0.351. The van der Waals surface area contributed by atoms with Gasteiger partial charge in [-0.1, -0.05) is 32.6 Å². The summed E-state index contributed by atoms with van der Waals surface area (Å²) in [6, 6.07) is 5.34. The smallest absolute Gasteiger partial charge is 0.311 e. The first kappa shape index (κ1) is 17.2. The number of hydrogen-bond donors (Lipinski definition) is 0. The van der Waals surface area contributed by atoms with E-state index in [0.29, 0.717) is 26.7 Å². The van der Waals surface area contributed by atoms with E-state index in [1.807, 2.05) is 0 Å². The standard InChI is InChI=1S/C15H17Br2NO2/c1-2-3-4-5-6-7-15(19)20-11-8-13(16)12(10-18)14(17)9-11/h8-9H,2-7H2,1H3. The molecule has 0 aromatic heterocycles. The number of nitriles is 1. The molecule has 0 amide bonds. The van der Waals surface area contributed by atoms with Crippen LogP contribution in [-0.4, -0.2) is 5.97 Å². The van der Waals surface area contributed by atoms with E-state index < -0.39 is 0 Å². The van der Waals surface area contributed by atoms with Gasteiger partial charge in [-0.3, -0.25) is 4.79 Å². The van der Waals surface area contributed by atoms with E-state index in [0.717, 1.165) is 19.3 Å². The summed E-state index contributed by atoms with van der Waals surface area (Å²) in [4.78, 5) is 11.7. The molecule has 0 spiro atoms. The van der Waals surface area contributed by atoms with Gasteiger partial charge in [0.1, 0.15) is 11.8 Å². The Bertz CT molecular complexity index is 486. The average molecular weight is 403 g/mol. The lowest BCUT2D eigenvalue weighted by Gasteiger charge is -2.07. The fraction of sp³-hybridized carbons (Fsp3) is 0.467. The van der Waals surface area contributed by atoms with Crippen LogP contribution in [-0.2, 0) is 4.79 Å². The summed E-state index contributed by atoms with van der Waals surface area (Å²) in [5, 5.41) is 8.94. The maximum absolute atomic E-state index is 11.7. The van der Waals surface area contributed by atoms with E-state index in [2.05, 4.69) is 44.9 Å². The molecular weight excluding hydrogens is 386 g/mol. The number of halogens is 2. The van der Waals surface area contributed by atoms with Crippen molar-refractivity contribution in [2.24, 2.45) is 0 Å². The second kappa shape index (κ2) is 9.15. The van der Waals surface area contributed by atoms with E-state index in [9.17, 15) is 4.79 Å². The predicted octanol–water partition coefficient (Wildman–Crippen LogP) is 5.35. The maximum atomic E-state index is 11.7. The van der Waals surface area contributed by atoms with Crippen LogP contribution in [0.15, 0.2) is 21.1 Å². The third-order valence-corrected chi connectivity index (χ3v) is 4.09. The van der Waals surface area contributed by atoms with Gasteiger partial charge < -0.3 is 4.74 Å². The Balaban J connectivity index is 2.49. The molecule has 5 heteroatoms. The van der Waals surface area contributed by atoms with Crippen LogP contribution < -0.4 is 4.74 Å². The van der Waals surface area contributed by atoms with Gasteiger partial charge in [-0.2, -0.15) is 5.26 Å². The Morgan fingerprint density at radius 1 is 1.20 bits per heavy atom. The molecule has 1 aromatic carbocycles. The molecule has 1 aromatic rings. The highest BCUT2D eigenvalue weighted by Gasteiger charge is 2.10. The molecule has 0 heterocycles. The SMILES string of the molecule is CCCCCCCC(=O)Oc1cc(Br)c(C#N)c(Br)c1. The fourth-order valence-corrected chi connectivity index (χ4v) is 3.09. The molecule has 0 radical (unpaired) electrons. The number of benzene rings is 1. The zero-order chi connectivity index (χ0) is 15.0. The normalized spacial score (nSPS) is 10.1. The first-order valence-electron chi connectivity index (χ1n) is 6.68. The molecule has 20 heavy (non-hydrogen) atoms. The lowest BCUT2D eigenvalue weighted by atomic mass is 10.1. The van der Waals surface area contributed by atoms with Crippen LogP contribution in [0.2, 0.25) is 0 Å². The molecule has 0 atom stereocenters. The van der Waals surface area contributed by atoms with Crippen LogP contribution in [0.4, 0.5) is 0 Å². The minimum atomic E-state index is -0.231. The summed E-state index contributed by atoms with van der Waals surface area (Å²) in [5.41, 5.74) is 0.490. The van der Waals surface area contributed by atoms with Gasteiger partial charge in [-0.05, 0) is 50.4 Å². The second-order valence-electron chi connectivity index (χ2n) is 4.51. The number of hydrogen-bond acceptors (Lipinski definition) is 3. The molecule has 0 unspecified atom stereocenters. The van der Waals surface area contributed by atoms with Crippen molar-refractivity contribution in [3.8, 4) is 11.8 Å². The lowest BCUT2D eigenvalue weighted by Crippen LogP contribution is -2.07. The average Bonchev–Trinajstić information content (AvgIpc) is 2.38. The minimum Gasteiger partial charge on any atom is -0.426 e. The van der Waals surface area contributed by atoms with Gasteiger partial charge in [-0.15, -0.1) is 0 Å². The molecule has 0 aliphatic heterocycles. The molecule has 3 nitrogen and oxygen atoms in total. The highest BCUT2D eigenvalue weighted by molar-refractivity contribution is 9.11. The zero-order valence-corrected chi connectivity index (χ0v) is 14.6. The van der Waals surface area contributed by atoms with Gasteiger partial charge >= 0.3 is 5.97 Å². The highest BCUT2D eigenvalue weighted by atomic mass is 79.9. The first-order chi connectivity index (χ1) is 9.58. The molecule has 0 saturated carbocycles. The summed E-state index contributed by atoms with van der Waals surface area (Å²) in [5.74, 6) is 0.214. The highest BCUT2D eigenvalue weighted by Crippen LogP contribution is 2.30. The molecule has 0 aliphatic carbocycles. The number of carbonyl (C=O) groups excluding carboxylic acids is 1. The van der Waals surface area contributed by atoms with Crippen molar-refractivity contribution >= 4 is 37.8 Å². The van der Waals surface area contributed by atoms with Crippen LogP contribution in [0, 0.1) is 11.3 Å². The molecular formula is C15H17Br2NO2. The van der Waals surface area contributed by atoms with Crippen LogP contribution in [0.1, 0.15) is 51.0 Å². The summed E-state index contributed by atoms with van der Waals surface area (Å²) >= 11 is 6.57. The Morgan fingerprint density at radius 2 is 1.80 bits per heavy atom. The number of unbranched alkanes of at least 4 members (excludes halogenated alkanes) is 4. The van der Waals surface area contributed by atoms with Gasteiger partial charge in [0.25, 0.3) is 0 Å². The van der Waals surface area contributed by atoms with Crippen molar-refractivity contribution in [3.05, 3.63) is 26.6 Å². The largest absolute Gasteiger partial charge is 0.426 e. The number of esters is 1. The monoisotopic (exact) mass is 401 g/mol. The molecule has 0 bridgehead atoms. The Kier molecular flexibility index (Phi) is 7.86. The van der Waals surface area contributed by atoms with Gasteiger partial charge in [0.15, 0.2) is 0 Å². The van der Waals surface area contributed by atoms with Gasteiger partial charge in [0.2, 0.25) is 0 Å². The van der Waals surface area contributed by atoms with Crippen LogP contribution in [0.3, 0.4) is 0 Å². The predicted molar refractivity (Wildman–Crippen MR) is 85.6 cm³/mol. The van der Waals surface area contributed by atoms with E-state index in [1.165, 1.54) is 12.8 Å². The number of nitrogens with zero attached hydrogens (tertiary/aromatic N) is 1. The molecule has 0 fully saturated rings. The number of rotatable bonds is 7. The topological polar surface area (TPSA) is 50.1 Å². The summed E-state index contributed by atoms with van der Waals surface area (Å²) in [7, 11) is 0. The first-order valence-corrected chi connectivity index (χ1v) is 8.27. The van der Waals surface area contributed by atoms with Gasteiger partial charge in [0.05, 0.1) is 5.56 Å². The third-order valence-electron chi connectivity index (χ3n) is 2.84. The third kappa shape index (κ3) is 5.64. The van der Waals surface area contributed by atoms with Crippen molar-refractivity contribution in [1.29, 1.82) is 5.26 Å². The van der Waals surface area contributed by atoms with Crippen molar-refractivity contribution in [2.75, 3.05) is 0 Å². The number of carbonyl (C=O) groups is 1. The Hall–Kier alpha value is -0.860. The molecule has 0 aliphatic rings. The molecule has 0 N–H and O–H groups in total. The summed E-state index contributed by atoms with van der Waals surface area (Å²) in [6.45, 7) is 2.16. The van der Waals surface area contributed by atoms with Crippen molar-refractivity contribution < 1.29 is 9.53 Å². The van der Waals surface area contributed by atoms with Crippen LogP contribution >= 0.6 is 31.9 Å². The summed E-state index contributed by atoms with van der Waals surface area (Å²) in [6.07, 6.45) is 5.92. The van der Waals surface area contributed by atoms with Crippen LogP contribution in [0.5, 0.6) is 5.75 Å². The van der Waals surface area contributed by atoms with E-state index in [-0.39, 0.29) is 5.97 Å². The van der Waals surface area contributed by atoms with E-state index in [4.69, 9.17) is 10.00 Å². The van der Waals surface area contributed by atoms with Crippen LogP contribution in [0.25, 0.3) is 0 Å². The summed E-state index contributed by atoms with van der Waals surface area (Å²) < 4.78 is 6.50. The van der Waals surface area contributed by atoms with Gasteiger partial charge in [0, 0.05) is 15.4 Å². The number of ether oxygens (including phenoxy) is 1. The van der Waals surface area contributed by atoms with E-state index in [1.54, 1.807) is 12.1 Å². The zero-order valence-electron chi connectivity index (χ0n) is 11.4. The van der Waals surface area contributed by atoms with Crippen molar-refractivity contribution in [3.63, 3.8) is 0 Å². The molecule has 0 saturated heterocycles. The maximum Gasteiger partial charge on any atom is 0.311 e. The second-order valence-corrected chi connectivity index (χ2v) is 6.22. The molecule has 108 valence electrons. The Labute approximate surface area is 136 Å². The van der Waals surface area contributed by atoms with Crippen molar-refractivity contribution in [1.82, 2.24) is 0 Å². The lowest BCUT2D eigenvalue weighted by molar-refractivity contribution is -0.134. The van der Waals surface area contributed by atoms with E-state index >= 15 is 0 Å². The molecule has 1 rings (SSSR count). The Morgan fingerprint density at radius 3 is 2.35 bits per heavy atom. The minimum absolute atomic E-state index is 0.231. The fourth-order valence-electron chi connectivity index (χ4n) is 1.77. The van der Waals surface area contributed by atoms with Gasteiger partial charge in [-0.25, -0.2) is 0 Å². The van der Waals surface area contributed by atoms with Crippen molar-refractivity contribution in [2.45, 2.75) is 45.4 Å².